The summed E-state index contributed by atoms with van der Waals surface area (Å²) in [6, 6.07) is 7.12. The first-order chi connectivity index (χ1) is 9.28. The summed E-state index contributed by atoms with van der Waals surface area (Å²) in [5.74, 6) is 1.27. The highest BCUT2D eigenvalue weighted by molar-refractivity contribution is 5.77. The number of benzene rings is 1. The van der Waals surface area contributed by atoms with Crippen molar-refractivity contribution in [3.05, 3.63) is 24.3 Å². The summed E-state index contributed by atoms with van der Waals surface area (Å²) in [5, 5.41) is 2.80. The molecule has 0 aromatic heterocycles. The Balaban J connectivity index is 1.67. The quantitative estimate of drug-likeness (QED) is 0.844. The highest BCUT2D eigenvalue weighted by Crippen LogP contribution is 2.16. The third-order valence-electron chi connectivity index (χ3n) is 2.98. The van der Waals surface area contributed by atoms with Gasteiger partial charge in [-0.3, -0.25) is 4.79 Å². The van der Waals surface area contributed by atoms with Crippen LogP contribution in [0.4, 0.5) is 0 Å². The molecule has 1 saturated heterocycles. The lowest BCUT2D eigenvalue weighted by Crippen LogP contribution is -2.35. The van der Waals surface area contributed by atoms with Crippen LogP contribution >= 0.6 is 0 Å². The van der Waals surface area contributed by atoms with Crippen molar-refractivity contribution in [2.75, 3.05) is 26.9 Å². The lowest BCUT2D eigenvalue weighted by atomic mass is 10.2. The zero-order valence-corrected chi connectivity index (χ0v) is 11.1. The molecular weight excluding hydrogens is 246 g/mol. The predicted octanol–water partition coefficient (Wildman–Crippen LogP) is 1.37. The van der Waals surface area contributed by atoms with Crippen molar-refractivity contribution in [3.63, 3.8) is 0 Å². The molecule has 1 atom stereocenters. The summed E-state index contributed by atoms with van der Waals surface area (Å²) in [7, 11) is 1.61. The zero-order chi connectivity index (χ0) is 13.5. The number of ether oxygens (including phenoxy) is 3. The van der Waals surface area contributed by atoms with E-state index in [1.807, 2.05) is 0 Å². The molecule has 1 amide bonds. The molecule has 1 N–H and O–H groups in total. The second kappa shape index (κ2) is 6.99. The summed E-state index contributed by atoms with van der Waals surface area (Å²) in [6.07, 6.45) is 2.24. The van der Waals surface area contributed by atoms with Crippen LogP contribution in [-0.4, -0.2) is 38.9 Å². The minimum Gasteiger partial charge on any atom is -0.497 e. The standard InChI is InChI=1S/C14H19NO4/c1-17-11-4-6-12(7-5-11)19-10-14(16)15-9-13-3-2-8-18-13/h4-7,13H,2-3,8-10H2,1H3,(H,15,16). The number of carbonyl (C=O) groups is 1. The van der Waals surface area contributed by atoms with Crippen molar-refractivity contribution < 1.29 is 19.0 Å². The molecule has 5 heteroatoms. The Kier molecular flexibility index (Phi) is 5.03. The normalized spacial score (nSPS) is 18.1. The van der Waals surface area contributed by atoms with Gasteiger partial charge in [-0.25, -0.2) is 0 Å². The van der Waals surface area contributed by atoms with E-state index in [2.05, 4.69) is 5.32 Å². The molecule has 5 nitrogen and oxygen atoms in total. The highest BCUT2D eigenvalue weighted by Gasteiger charge is 2.16. The summed E-state index contributed by atoms with van der Waals surface area (Å²) in [6.45, 7) is 1.37. The maximum absolute atomic E-state index is 11.6. The molecule has 0 radical (unpaired) electrons. The van der Waals surface area contributed by atoms with Crippen LogP contribution in [0.1, 0.15) is 12.8 Å². The number of carbonyl (C=O) groups excluding carboxylic acids is 1. The first-order valence-corrected chi connectivity index (χ1v) is 6.43. The molecule has 0 aliphatic carbocycles. The van der Waals surface area contributed by atoms with Crippen LogP contribution in [0, 0.1) is 0 Å². The van der Waals surface area contributed by atoms with Gasteiger partial charge in [0.1, 0.15) is 11.5 Å². The molecule has 1 aromatic rings. The number of hydrogen-bond donors (Lipinski definition) is 1. The molecule has 0 saturated carbocycles. The summed E-state index contributed by atoms with van der Waals surface area (Å²) in [5.41, 5.74) is 0. The van der Waals surface area contributed by atoms with E-state index >= 15 is 0 Å². The largest absolute Gasteiger partial charge is 0.497 e. The van der Waals surface area contributed by atoms with Crippen molar-refractivity contribution in [2.24, 2.45) is 0 Å². The Labute approximate surface area is 112 Å². The van der Waals surface area contributed by atoms with Crippen LogP contribution in [0.25, 0.3) is 0 Å². The van der Waals surface area contributed by atoms with Gasteiger partial charge in [-0.1, -0.05) is 0 Å². The van der Waals surface area contributed by atoms with Crippen molar-refractivity contribution in [3.8, 4) is 11.5 Å². The molecule has 2 rings (SSSR count). The van der Waals surface area contributed by atoms with Gasteiger partial charge in [0.2, 0.25) is 0 Å². The number of nitrogens with one attached hydrogen (secondary N) is 1. The van der Waals surface area contributed by atoms with Gasteiger partial charge in [0, 0.05) is 13.2 Å². The van der Waals surface area contributed by atoms with Crippen molar-refractivity contribution in [1.29, 1.82) is 0 Å². The smallest absolute Gasteiger partial charge is 0.258 e. The molecule has 0 bridgehead atoms. The Hall–Kier alpha value is -1.75. The van der Waals surface area contributed by atoms with Gasteiger partial charge < -0.3 is 19.5 Å². The van der Waals surface area contributed by atoms with Gasteiger partial charge in [-0.05, 0) is 37.1 Å². The van der Waals surface area contributed by atoms with Crippen LogP contribution in [0.3, 0.4) is 0 Å². The highest BCUT2D eigenvalue weighted by atomic mass is 16.5. The summed E-state index contributed by atoms with van der Waals surface area (Å²) < 4.78 is 15.8. The van der Waals surface area contributed by atoms with Gasteiger partial charge >= 0.3 is 0 Å². The average molecular weight is 265 g/mol. The molecule has 1 aliphatic rings. The van der Waals surface area contributed by atoms with Crippen molar-refractivity contribution in [1.82, 2.24) is 5.32 Å². The van der Waals surface area contributed by atoms with Crippen molar-refractivity contribution in [2.45, 2.75) is 18.9 Å². The van der Waals surface area contributed by atoms with E-state index in [0.29, 0.717) is 12.3 Å². The van der Waals surface area contributed by atoms with Gasteiger partial charge in [0.25, 0.3) is 5.91 Å². The van der Waals surface area contributed by atoms with Gasteiger partial charge in [0.15, 0.2) is 6.61 Å². The first-order valence-electron chi connectivity index (χ1n) is 6.43. The fourth-order valence-electron chi connectivity index (χ4n) is 1.90. The van der Waals surface area contributed by atoms with E-state index < -0.39 is 0 Å². The summed E-state index contributed by atoms with van der Waals surface area (Å²) >= 11 is 0. The average Bonchev–Trinajstić information content (AvgIpc) is 2.96. The van der Waals surface area contributed by atoms with Gasteiger partial charge in [0.05, 0.1) is 13.2 Å². The molecule has 1 aliphatic heterocycles. The number of methoxy groups -OCH3 is 1. The Morgan fingerprint density at radius 1 is 1.37 bits per heavy atom. The zero-order valence-electron chi connectivity index (χ0n) is 11.1. The van der Waals surface area contributed by atoms with Crippen LogP contribution in [0.15, 0.2) is 24.3 Å². The lowest BCUT2D eigenvalue weighted by Gasteiger charge is -2.11. The maximum atomic E-state index is 11.6. The molecule has 1 aromatic carbocycles. The Bertz CT molecular complexity index is 398. The van der Waals surface area contributed by atoms with Crippen LogP contribution < -0.4 is 14.8 Å². The van der Waals surface area contributed by atoms with E-state index in [0.717, 1.165) is 25.2 Å². The molecular formula is C14H19NO4. The third-order valence-corrected chi connectivity index (χ3v) is 2.98. The summed E-state index contributed by atoms with van der Waals surface area (Å²) in [4.78, 5) is 11.6. The van der Waals surface area contributed by atoms with Crippen LogP contribution in [0.2, 0.25) is 0 Å². The molecule has 19 heavy (non-hydrogen) atoms. The number of rotatable bonds is 6. The van der Waals surface area contributed by atoms with Gasteiger partial charge in [-0.2, -0.15) is 0 Å². The van der Waals surface area contributed by atoms with Crippen molar-refractivity contribution >= 4 is 5.91 Å². The fraction of sp³-hybridized carbons (Fsp3) is 0.500. The molecule has 1 unspecified atom stereocenters. The van der Waals surface area contributed by atoms with E-state index in [4.69, 9.17) is 14.2 Å². The number of hydrogen-bond acceptors (Lipinski definition) is 4. The van der Waals surface area contributed by atoms with E-state index in [9.17, 15) is 4.79 Å². The Morgan fingerprint density at radius 3 is 2.74 bits per heavy atom. The Morgan fingerprint density at radius 2 is 2.11 bits per heavy atom. The second-order valence-electron chi connectivity index (χ2n) is 4.40. The predicted molar refractivity (Wildman–Crippen MR) is 70.5 cm³/mol. The SMILES string of the molecule is COc1ccc(OCC(=O)NCC2CCCO2)cc1. The van der Waals surface area contributed by atoms with E-state index in [1.54, 1.807) is 31.4 Å². The molecule has 1 heterocycles. The van der Waals surface area contributed by atoms with Crippen LogP contribution in [0.5, 0.6) is 11.5 Å². The lowest BCUT2D eigenvalue weighted by molar-refractivity contribution is -0.123. The molecule has 1 fully saturated rings. The van der Waals surface area contributed by atoms with Gasteiger partial charge in [-0.15, -0.1) is 0 Å². The van der Waals surface area contributed by atoms with E-state index in [-0.39, 0.29) is 18.6 Å². The second-order valence-corrected chi connectivity index (χ2v) is 4.40. The first kappa shape index (κ1) is 13.7. The minimum absolute atomic E-state index is 0.0129. The molecule has 104 valence electrons. The fourth-order valence-corrected chi connectivity index (χ4v) is 1.90. The topological polar surface area (TPSA) is 56.8 Å². The van der Waals surface area contributed by atoms with E-state index in [1.165, 1.54) is 0 Å². The maximum Gasteiger partial charge on any atom is 0.258 e. The molecule has 0 spiro atoms. The third kappa shape index (κ3) is 4.44. The number of amides is 1. The van der Waals surface area contributed by atoms with Crippen LogP contribution in [-0.2, 0) is 9.53 Å². The monoisotopic (exact) mass is 265 g/mol. The minimum atomic E-state index is -0.133.